The number of phosphoric acid groups is 1. The smallest absolute Gasteiger partial charge is 0.419 e. The third kappa shape index (κ3) is 6.64. The third-order valence-corrected chi connectivity index (χ3v) is 5.93. The third-order valence-electron chi connectivity index (χ3n) is 4.68. The highest BCUT2D eigenvalue weighted by molar-refractivity contribution is 7.49. The summed E-state index contributed by atoms with van der Waals surface area (Å²) in [4.78, 5) is 23.6. The Morgan fingerprint density at radius 2 is 1.08 bits per heavy atom. The number of hydrogen-bond donors (Lipinski definition) is 0. The number of carbonyl (C=O) groups is 2. The first kappa shape index (κ1) is 26.3. The van der Waals surface area contributed by atoms with Gasteiger partial charge in [-0.25, -0.2) is 9.59 Å². The number of hydrogen-bond acceptors (Lipinski definition) is 8. The summed E-state index contributed by atoms with van der Waals surface area (Å²) in [5.41, 5.74) is 2.37. The van der Waals surface area contributed by atoms with E-state index in [1.54, 1.807) is 38.1 Å². The normalized spacial score (nSPS) is 10.6. The Labute approximate surface area is 209 Å². The second-order valence-corrected chi connectivity index (χ2v) is 9.03. The van der Waals surface area contributed by atoms with Crippen LogP contribution in [0.4, 0.5) is 0 Å². The van der Waals surface area contributed by atoms with E-state index in [2.05, 4.69) is 13.2 Å². The zero-order valence-corrected chi connectivity index (χ0v) is 21.0. The minimum absolute atomic E-state index is 0.0291. The fraction of sp³-hybridized carbons (Fsp3) is 0.111. The van der Waals surface area contributed by atoms with E-state index in [-0.39, 0.29) is 28.7 Å². The summed E-state index contributed by atoms with van der Waals surface area (Å²) < 4.78 is 41.9. The quantitative estimate of drug-likeness (QED) is 0.134. The molecule has 0 aliphatic rings. The molecule has 0 N–H and O–H groups in total. The van der Waals surface area contributed by atoms with Gasteiger partial charge >= 0.3 is 19.8 Å². The monoisotopic (exact) mass is 508 g/mol. The Bertz CT molecular complexity index is 1270. The maximum Gasteiger partial charge on any atom is 0.647 e. The summed E-state index contributed by atoms with van der Waals surface area (Å²) in [6, 6.07) is 15.9. The molecule has 0 aromatic heterocycles. The van der Waals surface area contributed by atoms with Crippen LogP contribution < -0.4 is 23.0 Å². The summed E-state index contributed by atoms with van der Waals surface area (Å²) in [7, 11) is -4.55. The first-order chi connectivity index (χ1) is 17.1. The van der Waals surface area contributed by atoms with E-state index in [0.717, 1.165) is 17.7 Å². The van der Waals surface area contributed by atoms with Gasteiger partial charge in [-0.3, -0.25) is 0 Å². The molecule has 9 heteroatoms. The lowest BCUT2D eigenvalue weighted by molar-refractivity contribution is -0.129. The predicted octanol–water partition coefficient (Wildman–Crippen LogP) is 6.44. The molecule has 0 bridgehead atoms. The van der Waals surface area contributed by atoms with Crippen LogP contribution in [0.15, 0.2) is 86.0 Å². The summed E-state index contributed by atoms with van der Waals surface area (Å²) in [5.74, 6) is -1.43. The van der Waals surface area contributed by atoms with Crippen molar-refractivity contribution in [3.63, 3.8) is 0 Å². The van der Waals surface area contributed by atoms with Gasteiger partial charge in [-0.05, 0) is 56.2 Å². The lowest BCUT2D eigenvalue weighted by atomic mass is 10.1. The van der Waals surface area contributed by atoms with E-state index < -0.39 is 19.8 Å². The molecule has 0 atom stereocenters. The highest BCUT2D eigenvalue weighted by Crippen LogP contribution is 2.54. The lowest BCUT2D eigenvalue weighted by Crippen LogP contribution is -2.12. The number of para-hydroxylation sites is 4. The molecule has 0 saturated carbocycles. The number of esters is 2. The van der Waals surface area contributed by atoms with Crippen LogP contribution in [0.3, 0.4) is 0 Å². The van der Waals surface area contributed by atoms with Crippen molar-refractivity contribution < 1.29 is 37.2 Å². The van der Waals surface area contributed by atoms with Crippen LogP contribution in [0.2, 0.25) is 0 Å². The number of ether oxygens (including phenoxy) is 2. The Kier molecular flexibility index (Phi) is 8.35. The number of aryl methyl sites for hydroxylation is 3. The molecule has 3 aromatic rings. The number of carbonyl (C=O) groups excluding carboxylic acids is 2. The van der Waals surface area contributed by atoms with Gasteiger partial charge in [0.25, 0.3) is 0 Å². The second-order valence-electron chi connectivity index (χ2n) is 7.59. The van der Waals surface area contributed by atoms with Gasteiger partial charge in [-0.1, -0.05) is 55.1 Å². The molecule has 0 fully saturated rings. The SMILES string of the molecule is C=CC(=O)Oc1ccccc1OP(=O)(Oc1ccccc1OC(=O)C=C)Oc1c(C)cc(C)cc1C. The molecule has 0 aliphatic heterocycles. The fourth-order valence-electron chi connectivity index (χ4n) is 3.24. The molecule has 36 heavy (non-hydrogen) atoms. The molecular weight excluding hydrogens is 483 g/mol. The van der Waals surface area contributed by atoms with E-state index in [9.17, 15) is 14.2 Å². The van der Waals surface area contributed by atoms with Crippen molar-refractivity contribution in [3.05, 3.63) is 103 Å². The van der Waals surface area contributed by atoms with Crippen LogP contribution in [0.25, 0.3) is 0 Å². The van der Waals surface area contributed by atoms with E-state index in [1.165, 1.54) is 24.3 Å². The molecule has 3 rings (SSSR count). The highest BCUT2D eigenvalue weighted by atomic mass is 31.2. The fourth-order valence-corrected chi connectivity index (χ4v) is 4.65. The minimum atomic E-state index is -4.55. The van der Waals surface area contributed by atoms with Crippen LogP contribution in [0.5, 0.6) is 28.7 Å². The van der Waals surface area contributed by atoms with Crippen molar-refractivity contribution in [2.75, 3.05) is 0 Å². The topological polar surface area (TPSA) is 97.4 Å². The molecule has 3 aromatic carbocycles. The van der Waals surface area contributed by atoms with Crippen LogP contribution in [0, 0.1) is 20.8 Å². The summed E-state index contributed by atoms with van der Waals surface area (Å²) in [5, 5.41) is 0. The van der Waals surface area contributed by atoms with Crippen molar-refractivity contribution in [1.29, 1.82) is 0 Å². The van der Waals surface area contributed by atoms with E-state index in [0.29, 0.717) is 11.1 Å². The average molecular weight is 508 g/mol. The van der Waals surface area contributed by atoms with Gasteiger partial charge in [-0.15, -0.1) is 0 Å². The van der Waals surface area contributed by atoms with Crippen molar-refractivity contribution in [2.24, 2.45) is 0 Å². The summed E-state index contributed by atoms with van der Waals surface area (Å²) in [6.45, 7) is 12.2. The Balaban J connectivity index is 2.07. The average Bonchev–Trinajstić information content (AvgIpc) is 2.83. The predicted molar refractivity (Wildman–Crippen MR) is 135 cm³/mol. The molecule has 0 aliphatic carbocycles. The van der Waals surface area contributed by atoms with Gasteiger partial charge in [0.2, 0.25) is 0 Å². The van der Waals surface area contributed by atoms with Crippen LogP contribution in [-0.4, -0.2) is 11.9 Å². The second kappa shape index (κ2) is 11.4. The van der Waals surface area contributed by atoms with Gasteiger partial charge < -0.3 is 23.0 Å². The molecular formula is C27H25O8P. The molecule has 0 saturated heterocycles. The van der Waals surface area contributed by atoms with Gasteiger partial charge in [0, 0.05) is 12.2 Å². The van der Waals surface area contributed by atoms with E-state index in [4.69, 9.17) is 23.0 Å². The maximum absolute atomic E-state index is 14.1. The molecule has 0 amide bonds. The maximum atomic E-state index is 14.1. The van der Waals surface area contributed by atoms with Crippen LogP contribution >= 0.6 is 7.82 Å². The molecule has 186 valence electrons. The first-order valence-corrected chi connectivity index (χ1v) is 12.2. The highest BCUT2D eigenvalue weighted by Gasteiger charge is 2.36. The van der Waals surface area contributed by atoms with E-state index in [1.807, 2.05) is 19.1 Å². The molecule has 0 heterocycles. The van der Waals surface area contributed by atoms with E-state index >= 15 is 0 Å². The standard InChI is InChI=1S/C27H25O8P/c1-6-25(28)31-21-12-8-10-14-23(21)33-36(30,35-27-19(4)16-18(3)17-20(27)5)34-24-15-11-9-13-22(24)32-26(29)7-2/h6-17H,1-2H2,3-5H3. The van der Waals surface area contributed by atoms with Crippen molar-refractivity contribution in [1.82, 2.24) is 0 Å². The van der Waals surface area contributed by atoms with Crippen molar-refractivity contribution in [3.8, 4) is 28.7 Å². The van der Waals surface area contributed by atoms with Crippen molar-refractivity contribution >= 4 is 19.8 Å². The summed E-state index contributed by atoms with van der Waals surface area (Å²) >= 11 is 0. The molecule has 0 unspecified atom stereocenters. The molecule has 8 nitrogen and oxygen atoms in total. The van der Waals surface area contributed by atoms with Gasteiger partial charge in [0.05, 0.1) is 0 Å². The molecule has 0 spiro atoms. The number of phosphoric ester groups is 1. The molecule has 0 radical (unpaired) electrons. The minimum Gasteiger partial charge on any atom is -0.419 e. The zero-order chi connectivity index (χ0) is 26.3. The Morgan fingerprint density at radius 3 is 1.47 bits per heavy atom. The Morgan fingerprint density at radius 1 is 0.694 bits per heavy atom. The largest absolute Gasteiger partial charge is 0.647 e. The first-order valence-electron chi connectivity index (χ1n) is 10.8. The zero-order valence-electron chi connectivity index (χ0n) is 20.1. The lowest BCUT2D eigenvalue weighted by Gasteiger charge is -2.23. The van der Waals surface area contributed by atoms with Crippen LogP contribution in [-0.2, 0) is 14.2 Å². The van der Waals surface area contributed by atoms with Crippen LogP contribution in [0.1, 0.15) is 16.7 Å². The summed E-state index contributed by atoms with van der Waals surface area (Å²) in [6.07, 6.45) is 1.96. The van der Waals surface area contributed by atoms with Gasteiger partial charge in [0.1, 0.15) is 5.75 Å². The number of rotatable bonds is 10. The van der Waals surface area contributed by atoms with Gasteiger partial charge in [0.15, 0.2) is 23.0 Å². The van der Waals surface area contributed by atoms with Gasteiger partial charge in [-0.2, -0.15) is 4.57 Å². The van der Waals surface area contributed by atoms with Crippen molar-refractivity contribution in [2.45, 2.75) is 20.8 Å². The number of benzene rings is 3. The Hall–Kier alpha value is -4.29.